The average Bonchev–Trinajstić information content (AvgIpc) is 2.63. The van der Waals surface area contributed by atoms with Crippen LogP contribution >= 0.6 is 0 Å². The third-order valence-corrected chi connectivity index (χ3v) is 5.45. The van der Waals surface area contributed by atoms with Crippen LogP contribution in [0.4, 0.5) is 17.1 Å². The molecule has 26 heavy (non-hydrogen) atoms. The van der Waals surface area contributed by atoms with E-state index in [2.05, 4.69) is 105 Å². The predicted octanol–water partition coefficient (Wildman–Crippen LogP) is 6.99. The molecule has 0 atom stereocenters. The third-order valence-electron chi connectivity index (χ3n) is 5.45. The molecule has 1 nitrogen and oxygen atoms in total. The van der Waals surface area contributed by atoms with E-state index in [-0.39, 0.29) is 5.41 Å². The number of para-hydroxylation sites is 2. The van der Waals surface area contributed by atoms with Crippen molar-refractivity contribution in [3.05, 3.63) is 89.5 Å². The van der Waals surface area contributed by atoms with E-state index in [4.69, 9.17) is 0 Å². The molecular formula is C25H27N. The van der Waals surface area contributed by atoms with E-state index < -0.39 is 0 Å². The third kappa shape index (κ3) is 2.72. The molecule has 0 spiro atoms. The molecule has 3 aromatic carbocycles. The number of rotatable bonds is 3. The number of anilines is 3. The van der Waals surface area contributed by atoms with Crippen LogP contribution in [0.5, 0.6) is 0 Å². The highest BCUT2D eigenvalue weighted by atomic mass is 15.2. The van der Waals surface area contributed by atoms with Crippen LogP contribution in [-0.4, -0.2) is 0 Å². The Morgan fingerprint density at radius 1 is 0.769 bits per heavy atom. The van der Waals surface area contributed by atoms with Crippen molar-refractivity contribution in [3.63, 3.8) is 0 Å². The van der Waals surface area contributed by atoms with E-state index in [9.17, 15) is 0 Å². The van der Waals surface area contributed by atoms with Crippen LogP contribution in [0.1, 0.15) is 44.4 Å². The Kier molecular flexibility index (Phi) is 4.11. The van der Waals surface area contributed by atoms with Gasteiger partial charge in [-0.05, 0) is 53.3 Å². The Balaban J connectivity index is 1.96. The number of hydrogen-bond acceptors (Lipinski definition) is 1. The zero-order valence-electron chi connectivity index (χ0n) is 16.2. The SMILES string of the molecule is CC(C)Cc1ccc2c(c1)C(C)(C)c1ccccc1N2c1ccccc1. The highest BCUT2D eigenvalue weighted by Crippen LogP contribution is 2.51. The first kappa shape index (κ1) is 16.9. The van der Waals surface area contributed by atoms with Crippen molar-refractivity contribution in [1.82, 2.24) is 0 Å². The normalized spacial score (nSPS) is 14.9. The lowest BCUT2D eigenvalue weighted by Gasteiger charge is -2.42. The summed E-state index contributed by atoms with van der Waals surface area (Å²) in [5, 5.41) is 0. The topological polar surface area (TPSA) is 3.24 Å². The van der Waals surface area contributed by atoms with Gasteiger partial charge in [0, 0.05) is 11.1 Å². The second-order valence-electron chi connectivity index (χ2n) is 8.26. The second kappa shape index (κ2) is 6.32. The van der Waals surface area contributed by atoms with Crippen LogP contribution in [0.3, 0.4) is 0 Å². The summed E-state index contributed by atoms with van der Waals surface area (Å²) in [6, 6.07) is 26.6. The molecular weight excluding hydrogens is 314 g/mol. The Morgan fingerprint density at radius 2 is 1.42 bits per heavy atom. The fourth-order valence-electron chi connectivity index (χ4n) is 4.20. The molecule has 3 aromatic rings. The van der Waals surface area contributed by atoms with Gasteiger partial charge in [-0.3, -0.25) is 0 Å². The summed E-state index contributed by atoms with van der Waals surface area (Å²) in [7, 11) is 0. The van der Waals surface area contributed by atoms with Gasteiger partial charge in [0.05, 0.1) is 11.4 Å². The first-order valence-corrected chi connectivity index (χ1v) is 9.56. The van der Waals surface area contributed by atoms with Gasteiger partial charge in [0.25, 0.3) is 0 Å². The van der Waals surface area contributed by atoms with Gasteiger partial charge in [-0.2, -0.15) is 0 Å². The molecule has 0 aromatic heterocycles. The van der Waals surface area contributed by atoms with Gasteiger partial charge in [0.2, 0.25) is 0 Å². The van der Waals surface area contributed by atoms with Gasteiger partial charge < -0.3 is 4.90 Å². The van der Waals surface area contributed by atoms with Gasteiger partial charge in [-0.15, -0.1) is 0 Å². The molecule has 1 aliphatic rings. The van der Waals surface area contributed by atoms with E-state index in [0.717, 1.165) is 6.42 Å². The van der Waals surface area contributed by atoms with Crippen LogP contribution in [0.15, 0.2) is 72.8 Å². The van der Waals surface area contributed by atoms with Gasteiger partial charge in [0.1, 0.15) is 0 Å². The molecule has 0 N–H and O–H groups in total. The Hall–Kier alpha value is -2.54. The smallest absolute Gasteiger partial charge is 0.0502 e. The summed E-state index contributed by atoms with van der Waals surface area (Å²) < 4.78 is 0. The van der Waals surface area contributed by atoms with Crippen molar-refractivity contribution >= 4 is 17.1 Å². The molecule has 4 rings (SSSR count). The fraction of sp³-hybridized carbons (Fsp3) is 0.280. The number of benzene rings is 3. The first-order chi connectivity index (χ1) is 12.5. The summed E-state index contributed by atoms with van der Waals surface area (Å²) >= 11 is 0. The lowest BCUT2D eigenvalue weighted by molar-refractivity contribution is 0.621. The average molecular weight is 341 g/mol. The molecule has 132 valence electrons. The van der Waals surface area contributed by atoms with Crippen molar-refractivity contribution in [2.24, 2.45) is 5.92 Å². The zero-order valence-corrected chi connectivity index (χ0v) is 16.2. The Morgan fingerprint density at radius 3 is 2.15 bits per heavy atom. The molecule has 0 saturated carbocycles. The number of hydrogen-bond donors (Lipinski definition) is 0. The quantitative estimate of drug-likeness (QED) is 0.496. The molecule has 0 unspecified atom stereocenters. The second-order valence-corrected chi connectivity index (χ2v) is 8.26. The lowest BCUT2D eigenvalue weighted by Crippen LogP contribution is -2.30. The zero-order chi connectivity index (χ0) is 18.3. The molecule has 0 aliphatic carbocycles. The maximum Gasteiger partial charge on any atom is 0.0502 e. The molecule has 0 fully saturated rings. The van der Waals surface area contributed by atoms with Gasteiger partial charge in [0.15, 0.2) is 0 Å². The highest BCUT2D eigenvalue weighted by molar-refractivity contribution is 5.85. The summed E-state index contributed by atoms with van der Waals surface area (Å²) in [6.45, 7) is 9.28. The molecule has 0 bridgehead atoms. The molecule has 1 heterocycles. The number of fused-ring (bicyclic) bond motifs is 2. The largest absolute Gasteiger partial charge is 0.310 e. The van der Waals surface area contributed by atoms with Crippen molar-refractivity contribution in [2.75, 3.05) is 4.90 Å². The maximum atomic E-state index is 2.43. The summed E-state index contributed by atoms with van der Waals surface area (Å²) in [6.07, 6.45) is 1.12. The van der Waals surface area contributed by atoms with Crippen LogP contribution in [0.25, 0.3) is 0 Å². The minimum absolute atomic E-state index is 0.00973. The number of nitrogens with zero attached hydrogens (tertiary/aromatic N) is 1. The Bertz CT molecular complexity index is 922. The van der Waals surface area contributed by atoms with Crippen LogP contribution in [0.2, 0.25) is 0 Å². The lowest BCUT2D eigenvalue weighted by atomic mass is 9.73. The fourth-order valence-corrected chi connectivity index (χ4v) is 4.20. The van der Waals surface area contributed by atoms with Crippen LogP contribution < -0.4 is 4.90 Å². The highest BCUT2D eigenvalue weighted by Gasteiger charge is 2.36. The van der Waals surface area contributed by atoms with Crippen molar-refractivity contribution in [2.45, 2.75) is 39.5 Å². The maximum absolute atomic E-state index is 2.43. The Labute approximate surface area is 157 Å². The van der Waals surface area contributed by atoms with Gasteiger partial charge in [-0.1, -0.05) is 76.2 Å². The summed E-state index contributed by atoms with van der Waals surface area (Å²) in [4.78, 5) is 2.41. The first-order valence-electron chi connectivity index (χ1n) is 9.56. The minimum atomic E-state index is -0.00973. The van der Waals surface area contributed by atoms with E-state index in [0.29, 0.717) is 5.92 Å². The standard InChI is InChI=1S/C25H27N/c1-18(2)16-19-14-15-24-22(17-19)25(3,4)21-12-8-9-13-23(21)26(24)20-10-6-5-7-11-20/h5-15,17-18H,16H2,1-4H3. The van der Waals surface area contributed by atoms with E-state index >= 15 is 0 Å². The predicted molar refractivity (Wildman–Crippen MR) is 112 cm³/mol. The molecule has 1 aliphatic heterocycles. The van der Waals surface area contributed by atoms with Crippen molar-refractivity contribution < 1.29 is 0 Å². The molecule has 0 radical (unpaired) electrons. The molecule has 1 heteroatoms. The summed E-state index contributed by atoms with van der Waals surface area (Å²) in [5.41, 5.74) is 8.02. The van der Waals surface area contributed by atoms with Crippen LogP contribution in [0, 0.1) is 5.92 Å². The van der Waals surface area contributed by atoms with Gasteiger partial charge in [-0.25, -0.2) is 0 Å². The molecule has 0 saturated heterocycles. The van der Waals surface area contributed by atoms with Gasteiger partial charge >= 0.3 is 0 Å². The van der Waals surface area contributed by atoms with E-state index in [1.807, 2.05) is 0 Å². The monoisotopic (exact) mass is 341 g/mol. The van der Waals surface area contributed by atoms with E-state index in [1.54, 1.807) is 0 Å². The van der Waals surface area contributed by atoms with Crippen LogP contribution in [-0.2, 0) is 11.8 Å². The molecule has 0 amide bonds. The minimum Gasteiger partial charge on any atom is -0.310 e. The van der Waals surface area contributed by atoms with Crippen molar-refractivity contribution in [3.8, 4) is 0 Å². The summed E-state index contributed by atoms with van der Waals surface area (Å²) in [5.74, 6) is 0.664. The van der Waals surface area contributed by atoms with Crippen molar-refractivity contribution in [1.29, 1.82) is 0 Å². The van der Waals surface area contributed by atoms with E-state index in [1.165, 1.54) is 33.8 Å².